The van der Waals surface area contributed by atoms with E-state index in [1.807, 2.05) is 13.8 Å². The van der Waals surface area contributed by atoms with Crippen molar-refractivity contribution in [3.8, 4) is 0 Å². The molecule has 18 heavy (non-hydrogen) atoms. The minimum Gasteiger partial charge on any atom is -0.467 e. The molecule has 1 aromatic heterocycles. The fourth-order valence-corrected chi connectivity index (χ4v) is 1.51. The summed E-state index contributed by atoms with van der Waals surface area (Å²) < 4.78 is 4.70. The number of rotatable bonds is 5. The lowest BCUT2D eigenvalue weighted by Gasteiger charge is -2.21. The smallest absolute Gasteiger partial charge is 0.328 e. The molecule has 0 spiro atoms. The van der Waals surface area contributed by atoms with Crippen LogP contribution in [0.3, 0.4) is 0 Å². The van der Waals surface area contributed by atoms with Crippen molar-refractivity contribution in [3.63, 3.8) is 0 Å². The zero-order chi connectivity index (χ0) is 13.5. The average molecular weight is 250 g/mol. The topological polar surface area (TPSA) is 68.3 Å². The zero-order valence-electron chi connectivity index (χ0n) is 10.8. The van der Waals surface area contributed by atoms with Crippen molar-refractivity contribution in [2.45, 2.75) is 26.3 Å². The Kier molecular flexibility index (Phi) is 5.30. The minimum absolute atomic E-state index is 0.00473. The molecule has 0 radical (unpaired) electrons. The summed E-state index contributed by atoms with van der Waals surface area (Å²) in [5.41, 5.74) is 0.287. The fourth-order valence-electron chi connectivity index (χ4n) is 1.51. The third-order valence-electron chi connectivity index (χ3n) is 2.85. The number of hydrogen-bond donors (Lipinski definition) is 1. The summed E-state index contributed by atoms with van der Waals surface area (Å²) in [5, 5.41) is 2.66. The summed E-state index contributed by atoms with van der Waals surface area (Å²) in [7, 11) is 1.31. The predicted molar refractivity (Wildman–Crippen MR) is 67.0 cm³/mol. The van der Waals surface area contributed by atoms with Gasteiger partial charge in [-0.1, -0.05) is 26.3 Å². The van der Waals surface area contributed by atoms with Crippen molar-refractivity contribution in [1.29, 1.82) is 0 Å². The predicted octanol–water partition coefficient (Wildman–Crippen LogP) is 1.40. The first-order valence-corrected chi connectivity index (χ1v) is 5.89. The van der Waals surface area contributed by atoms with Crippen LogP contribution in [0.1, 0.15) is 30.8 Å². The van der Waals surface area contributed by atoms with Crippen LogP contribution >= 0.6 is 0 Å². The third kappa shape index (κ3) is 3.55. The van der Waals surface area contributed by atoms with E-state index in [2.05, 4.69) is 10.3 Å². The molecular formula is C13H18N2O3. The summed E-state index contributed by atoms with van der Waals surface area (Å²) in [5.74, 6) is -0.801. The Balaban J connectivity index is 2.78. The molecule has 0 unspecified atom stereocenters. The van der Waals surface area contributed by atoms with E-state index in [0.29, 0.717) is 0 Å². The van der Waals surface area contributed by atoms with Crippen molar-refractivity contribution in [2.75, 3.05) is 7.11 Å². The number of carbonyl (C=O) groups is 2. The van der Waals surface area contributed by atoms with Gasteiger partial charge in [0, 0.05) is 6.20 Å². The molecule has 0 saturated heterocycles. The molecule has 1 aromatic rings. The van der Waals surface area contributed by atoms with E-state index in [1.54, 1.807) is 18.2 Å². The molecular weight excluding hydrogens is 232 g/mol. The molecule has 1 rings (SSSR count). The normalized spacial score (nSPS) is 13.5. The van der Waals surface area contributed by atoms with Crippen LogP contribution in [0.25, 0.3) is 0 Å². The van der Waals surface area contributed by atoms with Crippen molar-refractivity contribution in [2.24, 2.45) is 5.92 Å². The van der Waals surface area contributed by atoms with Crippen LogP contribution in [0, 0.1) is 5.92 Å². The number of methoxy groups -OCH3 is 1. The number of pyridine rings is 1. The van der Waals surface area contributed by atoms with Gasteiger partial charge in [-0.3, -0.25) is 9.78 Å². The van der Waals surface area contributed by atoms with Gasteiger partial charge in [0.15, 0.2) is 0 Å². The quantitative estimate of drug-likeness (QED) is 0.802. The van der Waals surface area contributed by atoms with Crippen molar-refractivity contribution in [3.05, 3.63) is 30.1 Å². The van der Waals surface area contributed by atoms with E-state index in [1.165, 1.54) is 13.3 Å². The van der Waals surface area contributed by atoms with E-state index in [-0.39, 0.29) is 17.5 Å². The van der Waals surface area contributed by atoms with E-state index < -0.39 is 12.0 Å². The number of ether oxygens (including phenoxy) is 1. The Hall–Kier alpha value is -1.91. The van der Waals surface area contributed by atoms with Gasteiger partial charge in [0.05, 0.1) is 7.11 Å². The number of amides is 1. The molecule has 1 N–H and O–H groups in total. The Morgan fingerprint density at radius 3 is 2.67 bits per heavy atom. The summed E-state index contributed by atoms with van der Waals surface area (Å²) in [6.07, 6.45) is 2.30. The molecule has 98 valence electrons. The highest BCUT2D eigenvalue weighted by atomic mass is 16.5. The molecule has 5 nitrogen and oxygen atoms in total. The average Bonchev–Trinajstić information content (AvgIpc) is 2.43. The Bertz CT molecular complexity index is 406. The molecule has 0 aliphatic rings. The molecule has 0 aromatic carbocycles. The maximum absolute atomic E-state index is 11.9. The highest BCUT2D eigenvalue weighted by Gasteiger charge is 2.27. The molecule has 1 amide bonds. The van der Waals surface area contributed by atoms with Crippen LogP contribution in [-0.2, 0) is 9.53 Å². The fraction of sp³-hybridized carbons (Fsp3) is 0.462. The first-order chi connectivity index (χ1) is 8.60. The van der Waals surface area contributed by atoms with Crippen LogP contribution < -0.4 is 5.32 Å². The van der Waals surface area contributed by atoms with Crippen LogP contribution in [0.4, 0.5) is 0 Å². The van der Waals surface area contributed by atoms with E-state index in [4.69, 9.17) is 4.74 Å². The first kappa shape index (κ1) is 14.2. The van der Waals surface area contributed by atoms with Gasteiger partial charge in [0.1, 0.15) is 11.7 Å². The summed E-state index contributed by atoms with van der Waals surface area (Å²) >= 11 is 0. The third-order valence-corrected chi connectivity index (χ3v) is 2.85. The van der Waals surface area contributed by atoms with Crippen molar-refractivity contribution < 1.29 is 14.3 Å². The number of esters is 1. The highest BCUT2D eigenvalue weighted by Crippen LogP contribution is 2.10. The lowest BCUT2D eigenvalue weighted by Crippen LogP contribution is -2.45. The second-order valence-electron chi connectivity index (χ2n) is 4.07. The number of nitrogens with zero attached hydrogens (tertiary/aromatic N) is 1. The molecule has 1 heterocycles. The zero-order valence-corrected chi connectivity index (χ0v) is 10.8. The molecule has 0 aliphatic carbocycles. The number of nitrogens with one attached hydrogen (secondary N) is 1. The Morgan fingerprint density at radius 2 is 2.17 bits per heavy atom. The molecule has 0 fully saturated rings. The van der Waals surface area contributed by atoms with E-state index in [9.17, 15) is 9.59 Å². The van der Waals surface area contributed by atoms with E-state index in [0.717, 1.165) is 6.42 Å². The molecule has 2 atom stereocenters. The van der Waals surface area contributed by atoms with Gasteiger partial charge in [0.2, 0.25) is 0 Å². The van der Waals surface area contributed by atoms with Crippen LogP contribution in [0.15, 0.2) is 24.4 Å². The molecule has 0 saturated carbocycles. The minimum atomic E-state index is -0.644. The maximum atomic E-state index is 11.9. The van der Waals surface area contributed by atoms with Gasteiger partial charge in [-0.25, -0.2) is 4.79 Å². The standard InChI is InChI=1S/C13H18N2O3/c1-4-9(2)11(13(17)18-3)15-12(16)10-7-5-6-8-14-10/h5-9,11H,4H2,1-3H3,(H,15,16)/t9-,11-/m0/s1. The van der Waals surface area contributed by atoms with Gasteiger partial charge in [0.25, 0.3) is 5.91 Å². The largest absolute Gasteiger partial charge is 0.467 e. The van der Waals surface area contributed by atoms with Crippen LogP contribution in [-0.4, -0.2) is 30.0 Å². The monoisotopic (exact) mass is 250 g/mol. The van der Waals surface area contributed by atoms with Gasteiger partial charge >= 0.3 is 5.97 Å². The van der Waals surface area contributed by atoms with Crippen molar-refractivity contribution in [1.82, 2.24) is 10.3 Å². The van der Waals surface area contributed by atoms with Gasteiger partial charge in [-0.2, -0.15) is 0 Å². The van der Waals surface area contributed by atoms with Gasteiger partial charge < -0.3 is 10.1 Å². The summed E-state index contributed by atoms with van der Waals surface area (Å²) in [6, 6.07) is 4.40. The maximum Gasteiger partial charge on any atom is 0.328 e. The first-order valence-electron chi connectivity index (χ1n) is 5.89. The number of hydrogen-bond acceptors (Lipinski definition) is 4. The Morgan fingerprint density at radius 1 is 1.44 bits per heavy atom. The van der Waals surface area contributed by atoms with Crippen molar-refractivity contribution >= 4 is 11.9 Å². The summed E-state index contributed by atoms with van der Waals surface area (Å²) in [6.45, 7) is 3.84. The van der Waals surface area contributed by atoms with Crippen LogP contribution in [0.2, 0.25) is 0 Å². The summed E-state index contributed by atoms with van der Waals surface area (Å²) in [4.78, 5) is 27.5. The highest BCUT2D eigenvalue weighted by molar-refractivity contribution is 5.95. The van der Waals surface area contributed by atoms with E-state index >= 15 is 0 Å². The molecule has 0 aliphatic heterocycles. The lowest BCUT2D eigenvalue weighted by molar-refractivity contribution is -0.144. The Labute approximate surface area is 107 Å². The lowest BCUT2D eigenvalue weighted by atomic mass is 9.99. The second kappa shape index (κ2) is 6.74. The second-order valence-corrected chi connectivity index (χ2v) is 4.07. The molecule has 0 bridgehead atoms. The number of aromatic nitrogens is 1. The van der Waals surface area contributed by atoms with Gasteiger partial charge in [-0.05, 0) is 18.1 Å². The molecule has 5 heteroatoms. The number of carbonyl (C=O) groups excluding carboxylic acids is 2. The van der Waals surface area contributed by atoms with Gasteiger partial charge in [-0.15, -0.1) is 0 Å². The SMILES string of the molecule is CC[C@H](C)[C@H](NC(=O)c1ccccn1)C(=O)OC. The van der Waals surface area contributed by atoms with Crippen LogP contribution in [0.5, 0.6) is 0 Å².